The Hall–Kier alpha value is -3.48. The summed E-state index contributed by atoms with van der Waals surface area (Å²) in [4.78, 5) is 22.5. The first-order chi connectivity index (χ1) is 14.0. The monoisotopic (exact) mass is 389 g/mol. The van der Waals surface area contributed by atoms with Crippen molar-refractivity contribution in [1.29, 1.82) is 0 Å². The summed E-state index contributed by atoms with van der Waals surface area (Å²) in [5.41, 5.74) is 5.51. The molecule has 0 aliphatic carbocycles. The summed E-state index contributed by atoms with van der Waals surface area (Å²) >= 11 is 0. The number of imidazole rings is 1. The van der Waals surface area contributed by atoms with Crippen molar-refractivity contribution in [3.05, 3.63) is 77.1 Å². The summed E-state index contributed by atoms with van der Waals surface area (Å²) in [6.45, 7) is 4.24. The van der Waals surface area contributed by atoms with E-state index in [1.165, 1.54) is 12.1 Å². The van der Waals surface area contributed by atoms with Crippen LogP contribution in [0.15, 0.2) is 48.8 Å². The first-order valence-corrected chi connectivity index (χ1v) is 9.62. The number of benzene rings is 2. The van der Waals surface area contributed by atoms with Gasteiger partial charge in [-0.2, -0.15) is 5.10 Å². The lowest BCUT2D eigenvalue weighted by molar-refractivity contribution is 0.0989. The summed E-state index contributed by atoms with van der Waals surface area (Å²) in [6.07, 6.45) is 2.38. The molecule has 0 saturated heterocycles. The van der Waals surface area contributed by atoms with Gasteiger partial charge in [-0.25, -0.2) is 9.37 Å². The number of carbonyl (C=O) groups is 1. The smallest absolute Gasteiger partial charge is 0.277 e. The van der Waals surface area contributed by atoms with Gasteiger partial charge in [0.25, 0.3) is 5.91 Å². The quantitative estimate of drug-likeness (QED) is 0.544. The molecule has 0 saturated carbocycles. The summed E-state index contributed by atoms with van der Waals surface area (Å²) < 4.78 is 13.6. The van der Waals surface area contributed by atoms with Gasteiger partial charge in [0.2, 0.25) is 0 Å². The second-order valence-electron chi connectivity index (χ2n) is 7.79. The molecule has 4 aromatic rings. The molecule has 1 amide bonds. The van der Waals surface area contributed by atoms with Gasteiger partial charge in [0, 0.05) is 11.3 Å². The number of amides is 1. The van der Waals surface area contributed by atoms with Gasteiger partial charge in [-0.1, -0.05) is 26.0 Å². The fraction of sp³-hybridized carbons (Fsp3) is 0.227. The predicted molar refractivity (Wildman–Crippen MR) is 108 cm³/mol. The molecule has 1 atom stereocenters. The SMILES string of the molecule is CC(C)Cc1n[nH]c2c1C(c1ccc(F)cc1)N(c1ccc3[nH]cnc3c1)C2=O. The van der Waals surface area contributed by atoms with Gasteiger partial charge >= 0.3 is 0 Å². The molecule has 0 spiro atoms. The fourth-order valence-electron chi connectivity index (χ4n) is 4.05. The highest BCUT2D eigenvalue weighted by Crippen LogP contribution is 2.43. The zero-order chi connectivity index (χ0) is 20.1. The van der Waals surface area contributed by atoms with Crippen molar-refractivity contribution < 1.29 is 9.18 Å². The molecule has 1 unspecified atom stereocenters. The van der Waals surface area contributed by atoms with Crippen molar-refractivity contribution in [3.63, 3.8) is 0 Å². The van der Waals surface area contributed by atoms with Crippen LogP contribution in [0.2, 0.25) is 0 Å². The van der Waals surface area contributed by atoms with Crippen LogP contribution >= 0.6 is 0 Å². The fourth-order valence-corrected chi connectivity index (χ4v) is 4.05. The van der Waals surface area contributed by atoms with Gasteiger partial charge in [0.15, 0.2) is 0 Å². The highest BCUT2D eigenvalue weighted by molar-refractivity contribution is 6.11. The normalized spacial score (nSPS) is 16.2. The van der Waals surface area contributed by atoms with Gasteiger partial charge < -0.3 is 4.98 Å². The number of hydrogen-bond donors (Lipinski definition) is 2. The van der Waals surface area contributed by atoms with E-state index in [9.17, 15) is 9.18 Å². The van der Waals surface area contributed by atoms with Crippen LogP contribution in [0.4, 0.5) is 10.1 Å². The molecule has 3 heterocycles. The largest absolute Gasteiger partial charge is 0.345 e. The molecular formula is C22H20FN5O. The Morgan fingerprint density at radius 3 is 2.72 bits per heavy atom. The zero-order valence-corrected chi connectivity index (χ0v) is 16.1. The Morgan fingerprint density at radius 2 is 1.97 bits per heavy atom. The third-order valence-electron chi connectivity index (χ3n) is 5.32. The van der Waals surface area contributed by atoms with Crippen molar-refractivity contribution in [2.75, 3.05) is 4.90 Å². The van der Waals surface area contributed by atoms with E-state index in [2.05, 4.69) is 34.0 Å². The lowest BCUT2D eigenvalue weighted by Gasteiger charge is -2.26. The number of hydrogen-bond acceptors (Lipinski definition) is 3. The van der Waals surface area contributed by atoms with Crippen molar-refractivity contribution in [2.24, 2.45) is 5.92 Å². The molecule has 1 aliphatic heterocycles. The number of nitrogens with one attached hydrogen (secondary N) is 2. The highest BCUT2D eigenvalue weighted by Gasteiger charge is 2.42. The summed E-state index contributed by atoms with van der Waals surface area (Å²) in [6, 6.07) is 11.6. The lowest BCUT2D eigenvalue weighted by Crippen LogP contribution is -2.29. The highest BCUT2D eigenvalue weighted by atomic mass is 19.1. The van der Waals surface area contributed by atoms with Crippen LogP contribution in [-0.4, -0.2) is 26.1 Å². The van der Waals surface area contributed by atoms with E-state index in [-0.39, 0.29) is 17.8 Å². The van der Waals surface area contributed by atoms with E-state index in [0.29, 0.717) is 11.6 Å². The lowest BCUT2D eigenvalue weighted by atomic mass is 9.95. The maximum Gasteiger partial charge on any atom is 0.277 e. The number of H-pyrrole nitrogens is 2. The Labute approximate surface area is 166 Å². The molecule has 2 N–H and O–H groups in total. The predicted octanol–water partition coefficient (Wildman–Crippen LogP) is 4.37. The standard InChI is InChI=1S/C22H20FN5O/c1-12(2)9-18-19-20(27-26-18)22(29)28(21(19)13-3-5-14(23)6-4-13)15-7-8-16-17(10-15)25-11-24-16/h3-8,10-12,21H,9H2,1-2H3,(H,24,25)(H,26,27). The molecule has 6 nitrogen and oxygen atoms in total. The first-order valence-electron chi connectivity index (χ1n) is 9.62. The van der Waals surface area contributed by atoms with Crippen LogP contribution in [0, 0.1) is 11.7 Å². The number of nitrogens with zero attached hydrogens (tertiary/aromatic N) is 3. The van der Waals surface area contributed by atoms with Gasteiger partial charge in [-0.15, -0.1) is 0 Å². The maximum atomic E-state index is 13.6. The summed E-state index contributed by atoms with van der Waals surface area (Å²) in [5.74, 6) is -0.0649. The molecular weight excluding hydrogens is 369 g/mol. The van der Waals surface area contributed by atoms with E-state index < -0.39 is 0 Å². The van der Waals surface area contributed by atoms with Crippen LogP contribution in [0.1, 0.15) is 47.2 Å². The molecule has 1 aliphatic rings. The van der Waals surface area contributed by atoms with Crippen molar-refractivity contribution in [3.8, 4) is 0 Å². The van der Waals surface area contributed by atoms with Crippen molar-refractivity contribution in [2.45, 2.75) is 26.3 Å². The third kappa shape index (κ3) is 2.81. The van der Waals surface area contributed by atoms with Crippen LogP contribution in [0.5, 0.6) is 0 Å². The molecule has 2 aromatic carbocycles. The average molecular weight is 389 g/mol. The molecule has 146 valence electrons. The van der Waals surface area contributed by atoms with Gasteiger partial charge in [0.05, 0.1) is 29.1 Å². The molecule has 0 radical (unpaired) electrons. The molecule has 2 aromatic heterocycles. The van der Waals surface area contributed by atoms with Crippen molar-refractivity contribution in [1.82, 2.24) is 20.2 Å². The van der Waals surface area contributed by atoms with Crippen LogP contribution in [-0.2, 0) is 6.42 Å². The number of aromatic nitrogens is 4. The Balaban J connectivity index is 1.69. The second kappa shape index (κ2) is 6.55. The molecule has 0 fully saturated rings. The molecule has 29 heavy (non-hydrogen) atoms. The first kappa shape index (κ1) is 17.6. The number of anilines is 1. The average Bonchev–Trinajstić information content (AvgIpc) is 3.38. The Kier molecular flexibility index (Phi) is 3.97. The Morgan fingerprint density at radius 1 is 1.17 bits per heavy atom. The minimum absolute atomic E-state index is 0.147. The Bertz CT molecular complexity index is 1210. The number of aromatic amines is 2. The van der Waals surface area contributed by atoms with E-state index in [1.807, 2.05) is 18.2 Å². The number of fused-ring (bicyclic) bond motifs is 2. The number of carbonyl (C=O) groups excluding carboxylic acids is 1. The summed E-state index contributed by atoms with van der Waals surface area (Å²) in [5, 5.41) is 7.37. The zero-order valence-electron chi connectivity index (χ0n) is 16.1. The molecule has 0 bridgehead atoms. The van der Waals surface area contributed by atoms with Gasteiger partial charge in [0.1, 0.15) is 11.5 Å². The van der Waals surface area contributed by atoms with Crippen molar-refractivity contribution >= 4 is 22.6 Å². The molecule has 7 heteroatoms. The van der Waals surface area contributed by atoms with Crippen LogP contribution in [0.25, 0.3) is 11.0 Å². The van der Waals surface area contributed by atoms with Crippen LogP contribution < -0.4 is 4.90 Å². The van der Waals surface area contributed by atoms with Gasteiger partial charge in [-0.05, 0) is 48.2 Å². The molecule has 5 rings (SSSR count). The van der Waals surface area contributed by atoms with E-state index in [4.69, 9.17) is 0 Å². The minimum Gasteiger partial charge on any atom is -0.345 e. The number of halogens is 1. The van der Waals surface area contributed by atoms with Gasteiger partial charge in [-0.3, -0.25) is 14.8 Å². The van der Waals surface area contributed by atoms with E-state index in [0.717, 1.165) is 40.0 Å². The van der Waals surface area contributed by atoms with Crippen LogP contribution in [0.3, 0.4) is 0 Å². The maximum absolute atomic E-state index is 13.6. The number of rotatable bonds is 4. The third-order valence-corrected chi connectivity index (χ3v) is 5.32. The van der Waals surface area contributed by atoms with E-state index in [1.54, 1.807) is 23.4 Å². The topological polar surface area (TPSA) is 77.7 Å². The minimum atomic E-state index is -0.373. The second-order valence-corrected chi connectivity index (χ2v) is 7.79. The van der Waals surface area contributed by atoms with E-state index >= 15 is 0 Å². The summed E-state index contributed by atoms with van der Waals surface area (Å²) in [7, 11) is 0.